The van der Waals surface area contributed by atoms with Gasteiger partial charge < -0.3 is 23.7 Å². The topological polar surface area (TPSA) is 81.7 Å². The van der Waals surface area contributed by atoms with Crippen molar-refractivity contribution in [1.82, 2.24) is 0 Å². The molecule has 2 heterocycles. The van der Waals surface area contributed by atoms with Crippen LogP contribution in [0, 0.1) is 0 Å². The molecule has 2 aromatic rings. The van der Waals surface area contributed by atoms with E-state index in [-0.39, 0.29) is 25.4 Å². The lowest BCUT2D eigenvalue weighted by Gasteiger charge is -2.17. The highest BCUT2D eigenvalue weighted by Gasteiger charge is 2.50. The van der Waals surface area contributed by atoms with E-state index in [9.17, 15) is 4.79 Å². The number of ether oxygens (including phenoxy) is 5. The summed E-state index contributed by atoms with van der Waals surface area (Å²) in [6.45, 7) is 0.831. The van der Waals surface area contributed by atoms with E-state index in [4.69, 9.17) is 33.5 Å². The second-order valence-corrected chi connectivity index (χ2v) is 7.01. The summed E-state index contributed by atoms with van der Waals surface area (Å²) in [5.41, 5.74) is 1.39. The van der Waals surface area contributed by atoms with Gasteiger partial charge in [-0.15, -0.1) is 0 Å². The Labute approximate surface area is 174 Å². The van der Waals surface area contributed by atoms with Crippen molar-refractivity contribution in [1.29, 1.82) is 0 Å². The van der Waals surface area contributed by atoms with E-state index in [1.807, 2.05) is 24.3 Å². The van der Waals surface area contributed by atoms with Crippen LogP contribution in [0.25, 0.3) is 0 Å². The molecule has 2 fully saturated rings. The van der Waals surface area contributed by atoms with E-state index >= 15 is 0 Å². The van der Waals surface area contributed by atoms with Gasteiger partial charge in [-0.1, -0.05) is 12.1 Å². The maximum atomic E-state index is 12.4. The van der Waals surface area contributed by atoms with E-state index in [2.05, 4.69) is 0 Å². The molecule has 0 radical (unpaired) electrons. The number of esters is 1. The quantitative estimate of drug-likeness (QED) is 0.369. The predicted octanol–water partition coefficient (Wildman–Crippen LogP) is 2.54. The summed E-state index contributed by atoms with van der Waals surface area (Å²) in [4.78, 5) is 23.3. The van der Waals surface area contributed by atoms with Gasteiger partial charge in [-0.05, 0) is 42.0 Å². The SMILES string of the molecule is COc1ccc(COOC2COC3C(OC(=O)c4ccc(OC)cc4)COC23)cc1. The minimum absolute atomic E-state index is 0.246. The van der Waals surface area contributed by atoms with Crippen LogP contribution in [0.1, 0.15) is 15.9 Å². The maximum Gasteiger partial charge on any atom is 0.338 e. The third kappa shape index (κ3) is 4.57. The number of rotatable bonds is 8. The van der Waals surface area contributed by atoms with Crippen LogP contribution in [0.15, 0.2) is 48.5 Å². The maximum absolute atomic E-state index is 12.4. The van der Waals surface area contributed by atoms with Gasteiger partial charge in [0.05, 0.1) is 33.0 Å². The fourth-order valence-corrected chi connectivity index (χ4v) is 3.46. The highest BCUT2D eigenvalue weighted by molar-refractivity contribution is 5.89. The summed E-state index contributed by atoms with van der Waals surface area (Å²) in [6.07, 6.45) is -1.63. The molecule has 0 spiro atoms. The summed E-state index contributed by atoms with van der Waals surface area (Å²) in [6, 6.07) is 14.2. The lowest BCUT2D eigenvalue weighted by Crippen LogP contribution is -2.35. The number of fused-ring (bicyclic) bond motifs is 1. The first-order valence-corrected chi connectivity index (χ1v) is 9.67. The molecule has 0 aromatic heterocycles. The van der Waals surface area contributed by atoms with E-state index < -0.39 is 18.2 Å². The molecule has 0 saturated carbocycles. The van der Waals surface area contributed by atoms with Gasteiger partial charge in [0.15, 0.2) is 6.10 Å². The Hall–Kier alpha value is -2.65. The highest BCUT2D eigenvalue weighted by Crippen LogP contribution is 2.31. The van der Waals surface area contributed by atoms with Crippen molar-refractivity contribution in [2.45, 2.75) is 31.0 Å². The van der Waals surface area contributed by atoms with E-state index in [0.29, 0.717) is 17.9 Å². The van der Waals surface area contributed by atoms with Gasteiger partial charge in [0.25, 0.3) is 0 Å². The first kappa shape index (κ1) is 20.6. The van der Waals surface area contributed by atoms with Gasteiger partial charge >= 0.3 is 5.97 Å². The molecule has 4 atom stereocenters. The average molecular weight is 416 g/mol. The van der Waals surface area contributed by atoms with Gasteiger partial charge in [0.1, 0.15) is 36.4 Å². The summed E-state index contributed by atoms with van der Waals surface area (Å²) < 4.78 is 27.4. The number of hydrogen-bond acceptors (Lipinski definition) is 8. The molecule has 0 amide bonds. The molecule has 160 valence electrons. The zero-order valence-electron chi connectivity index (χ0n) is 16.8. The highest BCUT2D eigenvalue weighted by atomic mass is 17.2. The number of hydrogen-bond donors (Lipinski definition) is 0. The van der Waals surface area contributed by atoms with Crippen molar-refractivity contribution in [3.8, 4) is 11.5 Å². The first-order chi connectivity index (χ1) is 14.7. The van der Waals surface area contributed by atoms with Crippen LogP contribution >= 0.6 is 0 Å². The fraction of sp³-hybridized carbons (Fsp3) is 0.409. The molecule has 2 aliphatic heterocycles. The molecule has 4 rings (SSSR count). The molecule has 30 heavy (non-hydrogen) atoms. The Bertz CT molecular complexity index is 835. The van der Waals surface area contributed by atoms with Gasteiger partial charge in [0, 0.05) is 0 Å². The molecule has 2 aliphatic rings. The molecule has 8 nitrogen and oxygen atoms in total. The minimum Gasteiger partial charge on any atom is -0.497 e. The third-order valence-electron chi connectivity index (χ3n) is 5.12. The zero-order chi connectivity index (χ0) is 20.9. The number of carbonyl (C=O) groups is 1. The van der Waals surface area contributed by atoms with Crippen LogP contribution in [-0.2, 0) is 30.6 Å². The summed E-state index contributed by atoms with van der Waals surface area (Å²) >= 11 is 0. The normalized spacial score (nSPS) is 25.0. The number of carbonyl (C=O) groups excluding carboxylic acids is 1. The molecule has 2 saturated heterocycles. The Kier molecular flexibility index (Phi) is 6.49. The van der Waals surface area contributed by atoms with Crippen LogP contribution in [0.3, 0.4) is 0 Å². The predicted molar refractivity (Wildman–Crippen MR) is 104 cm³/mol. The van der Waals surface area contributed by atoms with Crippen LogP contribution in [-0.4, -0.2) is 57.8 Å². The van der Waals surface area contributed by atoms with Gasteiger partial charge in [0.2, 0.25) is 0 Å². The summed E-state index contributed by atoms with van der Waals surface area (Å²) in [5.74, 6) is 1.02. The fourth-order valence-electron chi connectivity index (χ4n) is 3.46. The van der Waals surface area contributed by atoms with Gasteiger partial charge in [-0.2, -0.15) is 0 Å². The Morgan fingerprint density at radius 2 is 1.43 bits per heavy atom. The molecular formula is C22H24O8. The van der Waals surface area contributed by atoms with Crippen molar-refractivity contribution in [3.63, 3.8) is 0 Å². The van der Waals surface area contributed by atoms with Gasteiger partial charge in [-0.25, -0.2) is 14.6 Å². The third-order valence-corrected chi connectivity index (χ3v) is 5.12. The van der Waals surface area contributed by atoms with Crippen LogP contribution < -0.4 is 9.47 Å². The number of benzene rings is 2. The number of methoxy groups -OCH3 is 2. The van der Waals surface area contributed by atoms with Crippen molar-refractivity contribution in [3.05, 3.63) is 59.7 Å². The van der Waals surface area contributed by atoms with Crippen molar-refractivity contribution in [2.24, 2.45) is 0 Å². The van der Waals surface area contributed by atoms with Crippen LogP contribution in [0.2, 0.25) is 0 Å². The molecule has 0 bridgehead atoms. The average Bonchev–Trinajstić information content (AvgIpc) is 3.37. The van der Waals surface area contributed by atoms with Gasteiger partial charge in [-0.3, -0.25) is 0 Å². The second kappa shape index (κ2) is 9.44. The molecule has 0 aliphatic carbocycles. The first-order valence-electron chi connectivity index (χ1n) is 9.67. The summed E-state index contributed by atoms with van der Waals surface area (Å²) in [5, 5.41) is 0. The van der Waals surface area contributed by atoms with Crippen LogP contribution in [0.5, 0.6) is 11.5 Å². The molecular weight excluding hydrogens is 392 g/mol. The second-order valence-electron chi connectivity index (χ2n) is 7.01. The monoisotopic (exact) mass is 416 g/mol. The Morgan fingerprint density at radius 3 is 2.07 bits per heavy atom. The molecule has 4 unspecified atom stereocenters. The van der Waals surface area contributed by atoms with Crippen LogP contribution in [0.4, 0.5) is 0 Å². The smallest absolute Gasteiger partial charge is 0.338 e. The zero-order valence-corrected chi connectivity index (χ0v) is 16.8. The Morgan fingerprint density at radius 1 is 0.867 bits per heavy atom. The Balaban J connectivity index is 1.25. The summed E-state index contributed by atoms with van der Waals surface area (Å²) in [7, 11) is 3.19. The lowest BCUT2D eigenvalue weighted by molar-refractivity contribution is -0.341. The molecule has 2 aromatic carbocycles. The standard InChI is InChI=1S/C22H24O8/c1-24-16-7-3-14(4-8-16)11-28-30-19-13-27-20-18(12-26-21(19)20)29-22(23)15-5-9-17(25-2)10-6-15/h3-10,18-21H,11-13H2,1-2H3. The van der Waals surface area contributed by atoms with Crippen molar-refractivity contribution in [2.75, 3.05) is 27.4 Å². The molecule has 0 N–H and O–H groups in total. The lowest BCUT2D eigenvalue weighted by atomic mass is 10.1. The van der Waals surface area contributed by atoms with E-state index in [0.717, 1.165) is 11.3 Å². The largest absolute Gasteiger partial charge is 0.497 e. The van der Waals surface area contributed by atoms with Crippen molar-refractivity contribution < 1.29 is 38.3 Å². The van der Waals surface area contributed by atoms with Crippen molar-refractivity contribution >= 4 is 5.97 Å². The minimum atomic E-state index is -0.500. The van der Waals surface area contributed by atoms with E-state index in [1.165, 1.54) is 0 Å². The van der Waals surface area contributed by atoms with E-state index in [1.54, 1.807) is 38.5 Å². The molecule has 8 heteroatoms.